The Kier molecular flexibility index (Phi) is 6.39. The van der Waals surface area contributed by atoms with Crippen molar-refractivity contribution in [1.29, 1.82) is 5.26 Å². The molecule has 11 heteroatoms. The summed E-state index contributed by atoms with van der Waals surface area (Å²) in [7, 11) is 0. The van der Waals surface area contributed by atoms with Crippen LogP contribution >= 0.6 is 0 Å². The van der Waals surface area contributed by atoms with E-state index < -0.39 is 41.6 Å². The van der Waals surface area contributed by atoms with Crippen LogP contribution in [-0.4, -0.2) is 54.0 Å². The highest BCUT2D eigenvalue weighted by Gasteiger charge is 2.61. The Morgan fingerprint density at radius 1 is 1.18 bits per heavy atom. The lowest BCUT2D eigenvalue weighted by molar-refractivity contribution is -0.165. The van der Waals surface area contributed by atoms with E-state index in [9.17, 15) is 27.6 Å². The quantitative estimate of drug-likeness (QED) is 0.624. The summed E-state index contributed by atoms with van der Waals surface area (Å²) < 4.78 is 47.3. The van der Waals surface area contributed by atoms with Crippen LogP contribution in [0.1, 0.15) is 36.5 Å². The lowest BCUT2D eigenvalue weighted by atomic mass is 9.64. The van der Waals surface area contributed by atoms with Crippen molar-refractivity contribution >= 4 is 23.4 Å². The minimum Gasteiger partial charge on any atom is -0.377 e. The molecular weight excluding hydrogens is 501 g/mol. The van der Waals surface area contributed by atoms with Crippen LogP contribution in [0.4, 0.5) is 18.9 Å². The molecule has 198 valence electrons. The third-order valence-electron chi connectivity index (χ3n) is 7.45. The van der Waals surface area contributed by atoms with Gasteiger partial charge in [-0.05, 0) is 36.6 Å². The number of nitriles is 1. The largest absolute Gasteiger partial charge is 0.377 e. The minimum absolute atomic E-state index is 0.0331. The van der Waals surface area contributed by atoms with Gasteiger partial charge in [-0.1, -0.05) is 24.3 Å². The highest BCUT2D eigenvalue weighted by Crippen LogP contribution is 2.47. The molecule has 2 saturated heterocycles. The first-order valence-corrected chi connectivity index (χ1v) is 12.2. The van der Waals surface area contributed by atoms with Gasteiger partial charge in [0.25, 0.3) is 11.8 Å². The van der Waals surface area contributed by atoms with Gasteiger partial charge in [0, 0.05) is 24.9 Å². The maximum atomic E-state index is 14.9. The number of carbonyl (C=O) groups is 3. The predicted molar refractivity (Wildman–Crippen MR) is 128 cm³/mol. The number of ether oxygens (including phenoxy) is 1. The van der Waals surface area contributed by atoms with E-state index in [0.717, 1.165) is 17.9 Å². The number of nitrogens with one attached hydrogen (secondary N) is 1. The van der Waals surface area contributed by atoms with Gasteiger partial charge in [0.15, 0.2) is 0 Å². The van der Waals surface area contributed by atoms with Crippen molar-refractivity contribution < 1.29 is 32.3 Å². The van der Waals surface area contributed by atoms with Crippen molar-refractivity contribution in [2.45, 2.75) is 43.8 Å². The van der Waals surface area contributed by atoms with Crippen molar-refractivity contribution in [3.8, 4) is 6.07 Å². The summed E-state index contributed by atoms with van der Waals surface area (Å²) in [6.07, 6.45) is 0.0764. The number of carbonyl (C=O) groups excluding carboxylic acids is 3. The molecule has 3 amide bonds. The summed E-state index contributed by atoms with van der Waals surface area (Å²) in [5, 5.41) is 11.9. The highest BCUT2D eigenvalue weighted by molar-refractivity contribution is 6.10. The molecule has 3 fully saturated rings. The highest BCUT2D eigenvalue weighted by atomic mass is 19.3. The molecule has 2 aromatic rings. The number of nitrogens with zero attached hydrogens (tertiary/aromatic N) is 3. The Labute approximate surface area is 217 Å². The average molecular weight is 527 g/mol. The van der Waals surface area contributed by atoms with Gasteiger partial charge in [-0.25, -0.2) is 13.2 Å². The molecule has 0 atom stereocenters. The van der Waals surface area contributed by atoms with Gasteiger partial charge in [-0.3, -0.25) is 19.3 Å². The Bertz CT molecular complexity index is 1330. The Hall–Kier alpha value is -3.91. The van der Waals surface area contributed by atoms with Crippen molar-refractivity contribution in [2.75, 3.05) is 24.7 Å². The zero-order chi connectivity index (χ0) is 27.2. The van der Waals surface area contributed by atoms with E-state index in [-0.39, 0.29) is 48.1 Å². The van der Waals surface area contributed by atoms with E-state index in [1.807, 2.05) is 6.07 Å². The second kappa shape index (κ2) is 9.44. The topological polar surface area (TPSA) is 103 Å². The van der Waals surface area contributed by atoms with Crippen LogP contribution in [0.25, 0.3) is 0 Å². The van der Waals surface area contributed by atoms with Crippen molar-refractivity contribution in [1.82, 2.24) is 10.2 Å². The fourth-order valence-electron chi connectivity index (χ4n) is 5.19. The fourth-order valence-corrected chi connectivity index (χ4v) is 5.19. The van der Waals surface area contributed by atoms with Gasteiger partial charge < -0.3 is 15.0 Å². The summed E-state index contributed by atoms with van der Waals surface area (Å²) in [5.74, 6) is -5.63. The number of halogens is 3. The van der Waals surface area contributed by atoms with Crippen molar-refractivity contribution in [3.63, 3.8) is 0 Å². The molecule has 0 unspecified atom stereocenters. The standard InChI is InChI=1S/C27H25F3N4O4/c1-26(29,30)19-5-2-16(3-6-19)12-34-23(35)13-33(22-7-4-17(11-31)8-21(22)28)25(37)27(34)9-18(10-27)24(36)32-20-14-38-15-20/h2-8,18,20H,9-10,12-15H2,1H3,(H,32,36). The number of benzene rings is 2. The molecule has 0 radical (unpaired) electrons. The predicted octanol–water partition coefficient (Wildman–Crippen LogP) is 2.85. The second-order valence-corrected chi connectivity index (χ2v) is 10.1. The molecule has 2 aliphatic heterocycles. The third kappa shape index (κ3) is 4.49. The number of amides is 3. The summed E-state index contributed by atoms with van der Waals surface area (Å²) in [6, 6.07) is 10.9. The number of piperazine rings is 1. The second-order valence-electron chi connectivity index (χ2n) is 10.1. The molecule has 8 nitrogen and oxygen atoms in total. The van der Waals surface area contributed by atoms with Gasteiger partial charge in [0.05, 0.1) is 36.6 Å². The minimum atomic E-state index is -3.03. The molecule has 1 aliphatic carbocycles. The number of rotatable bonds is 6. The zero-order valence-electron chi connectivity index (χ0n) is 20.5. The first-order chi connectivity index (χ1) is 18.0. The van der Waals surface area contributed by atoms with Crippen molar-refractivity contribution in [2.24, 2.45) is 5.92 Å². The van der Waals surface area contributed by atoms with E-state index in [1.165, 1.54) is 41.3 Å². The van der Waals surface area contributed by atoms with E-state index in [2.05, 4.69) is 5.32 Å². The van der Waals surface area contributed by atoms with Gasteiger partial charge in [0.2, 0.25) is 11.8 Å². The monoisotopic (exact) mass is 526 g/mol. The smallest absolute Gasteiger partial charge is 0.270 e. The number of hydrogen-bond donors (Lipinski definition) is 1. The molecule has 38 heavy (non-hydrogen) atoms. The molecule has 1 saturated carbocycles. The van der Waals surface area contributed by atoms with Crippen LogP contribution in [-0.2, 0) is 31.6 Å². The molecular formula is C27H25F3N4O4. The van der Waals surface area contributed by atoms with Crippen LogP contribution in [0.3, 0.4) is 0 Å². The average Bonchev–Trinajstić information content (AvgIpc) is 2.82. The van der Waals surface area contributed by atoms with Crippen LogP contribution in [0.5, 0.6) is 0 Å². The maximum absolute atomic E-state index is 14.9. The van der Waals surface area contributed by atoms with E-state index in [0.29, 0.717) is 18.8 Å². The van der Waals surface area contributed by atoms with Gasteiger partial charge in [0.1, 0.15) is 17.9 Å². The summed E-state index contributed by atoms with van der Waals surface area (Å²) >= 11 is 0. The van der Waals surface area contributed by atoms with Gasteiger partial charge in [-0.15, -0.1) is 0 Å². The zero-order valence-corrected chi connectivity index (χ0v) is 20.5. The van der Waals surface area contributed by atoms with Crippen LogP contribution in [0.15, 0.2) is 42.5 Å². The fraction of sp³-hybridized carbons (Fsp3) is 0.407. The molecule has 5 rings (SSSR count). The summed E-state index contributed by atoms with van der Waals surface area (Å²) in [4.78, 5) is 42.5. The third-order valence-corrected chi connectivity index (χ3v) is 7.45. The van der Waals surface area contributed by atoms with Crippen LogP contribution in [0, 0.1) is 23.1 Å². The number of hydrogen-bond acceptors (Lipinski definition) is 5. The summed E-state index contributed by atoms with van der Waals surface area (Å²) in [6.45, 7) is 1.13. The van der Waals surface area contributed by atoms with E-state index in [1.54, 1.807) is 0 Å². The molecule has 2 heterocycles. The van der Waals surface area contributed by atoms with Crippen molar-refractivity contribution in [3.05, 3.63) is 65.0 Å². The molecule has 1 N–H and O–H groups in total. The number of anilines is 1. The molecule has 0 aromatic heterocycles. The SMILES string of the molecule is CC(F)(F)c1ccc(CN2C(=O)CN(c3ccc(C#N)cc3F)C(=O)C23CC(C(=O)NC2COC2)C3)cc1. The van der Waals surface area contributed by atoms with Gasteiger partial charge in [-0.2, -0.15) is 5.26 Å². The van der Waals surface area contributed by atoms with Crippen LogP contribution < -0.4 is 10.2 Å². The normalized spacial score (nSPS) is 23.6. The lowest BCUT2D eigenvalue weighted by Crippen LogP contribution is -2.74. The van der Waals surface area contributed by atoms with Crippen LogP contribution in [0.2, 0.25) is 0 Å². The molecule has 2 aromatic carbocycles. The molecule has 3 aliphatic rings. The number of alkyl halides is 2. The molecule has 1 spiro atoms. The maximum Gasteiger partial charge on any atom is 0.270 e. The Balaban J connectivity index is 1.43. The Morgan fingerprint density at radius 3 is 2.42 bits per heavy atom. The van der Waals surface area contributed by atoms with E-state index in [4.69, 9.17) is 10.00 Å². The first kappa shape index (κ1) is 25.7. The summed E-state index contributed by atoms with van der Waals surface area (Å²) in [5.41, 5.74) is -1.10. The van der Waals surface area contributed by atoms with Gasteiger partial charge >= 0.3 is 0 Å². The first-order valence-electron chi connectivity index (χ1n) is 12.2. The molecule has 0 bridgehead atoms. The lowest BCUT2D eigenvalue weighted by Gasteiger charge is -2.56. The Morgan fingerprint density at radius 2 is 1.87 bits per heavy atom. The van der Waals surface area contributed by atoms with E-state index >= 15 is 0 Å².